The van der Waals surface area contributed by atoms with Crippen molar-refractivity contribution in [3.63, 3.8) is 0 Å². The van der Waals surface area contributed by atoms with Gasteiger partial charge < -0.3 is 29.0 Å². The van der Waals surface area contributed by atoms with E-state index in [4.69, 9.17) is 18.9 Å². The Labute approximate surface area is 212 Å². The molecule has 1 heterocycles. The van der Waals surface area contributed by atoms with Gasteiger partial charge in [-0.15, -0.1) is 0 Å². The van der Waals surface area contributed by atoms with Crippen LogP contribution in [0.3, 0.4) is 0 Å². The van der Waals surface area contributed by atoms with Crippen molar-refractivity contribution >= 4 is 17.4 Å². The van der Waals surface area contributed by atoms with Crippen molar-refractivity contribution < 1.29 is 33.6 Å². The van der Waals surface area contributed by atoms with Gasteiger partial charge in [0.15, 0.2) is 11.5 Å². The zero-order valence-corrected chi connectivity index (χ0v) is 22.0. The van der Waals surface area contributed by atoms with Crippen LogP contribution in [0.4, 0.5) is 0 Å². The van der Waals surface area contributed by atoms with Gasteiger partial charge in [0.1, 0.15) is 11.5 Å². The van der Waals surface area contributed by atoms with E-state index in [1.165, 1.54) is 19.1 Å². The summed E-state index contributed by atoms with van der Waals surface area (Å²) >= 11 is 0. The number of aliphatic hydroxyl groups excluding tert-OH is 1. The summed E-state index contributed by atoms with van der Waals surface area (Å²) in [5, 5.41) is 11.5. The molecular formula is C28H35NO7. The zero-order chi connectivity index (χ0) is 26.6. The maximum atomic E-state index is 13.3. The highest BCUT2D eigenvalue weighted by molar-refractivity contribution is 6.46. The number of Topliss-reactive ketones (excluding diaryl/α,β-unsaturated/α-hetero) is 1. The average molecular weight is 498 g/mol. The van der Waals surface area contributed by atoms with Gasteiger partial charge in [0.2, 0.25) is 0 Å². The van der Waals surface area contributed by atoms with E-state index < -0.39 is 17.7 Å². The van der Waals surface area contributed by atoms with Gasteiger partial charge in [-0.25, -0.2) is 0 Å². The molecule has 0 spiro atoms. The van der Waals surface area contributed by atoms with Gasteiger partial charge in [-0.3, -0.25) is 9.59 Å². The molecule has 8 nitrogen and oxygen atoms in total. The van der Waals surface area contributed by atoms with Crippen LogP contribution < -0.4 is 14.2 Å². The van der Waals surface area contributed by atoms with Crippen LogP contribution in [0.5, 0.6) is 17.2 Å². The molecule has 1 aliphatic heterocycles. The van der Waals surface area contributed by atoms with Crippen molar-refractivity contribution in [2.24, 2.45) is 0 Å². The van der Waals surface area contributed by atoms with E-state index in [2.05, 4.69) is 0 Å². The summed E-state index contributed by atoms with van der Waals surface area (Å²) in [5.74, 6) is 0.0301. The van der Waals surface area contributed by atoms with E-state index in [-0.39, 0.29) is 24.0 Å². The number of benzene rings is 2. The number of ketones is 1. The molecule has 8 heteroatoms. The molecule has 1 atom stereocenters. The number of carbonyl (C=O) groups is 2. The molecule has 3 rings (SSSR count). The molecule has 0 saturated carbocycles. The molecule has 0 bridgehead atoms. The number of carbonyl (C=O) groups excluding carboxylic acids is 2. The minimum atomic E-state index is -0.800. The number of hydrogen-bond donors (Lipinski definition) is 1. The summed E-state index contributed by atoms with van der Waals surface area (Å²) in [4.78, 5) is 28.0. The molecule has 36 heavy (non-hydrogen) atoms. The highest BCUT2D eigenvalue weighted by atomic mass is 16.5. The smallest absolute Gasteiger partial charge is 0.295 e. The lowest BCUT2D eigenvalue weighted by Crippen LogP contribution is -2.31. The predicted molar refractivity (Wildman–Crippen MR) is 137 cm³/mol. The first-order chi connectivity index (χ1) is 17.1. The van der Waals surface area contributed by atoms with Crippen LogP contribution in [-0.4, -0.2) is 62.3 Å². The van der Waals surface area contributed by atoms with E-state index in [9.17, 15) is 14.7 Å². The van der Waals surface area contributed by atoms with Gasteiger partial charge in [0.25, 0.3) is 11.7 Å². The fourth-order valence-electron chi connectivity index (χ4n) is 4.44. The van der Waals surface area contributed by atoms with Crippen molar-refractivity contribution in [2.75, 3.05) is 34.5 Å². The number of aryl methyl sites for hydroxylation is 2. The Morgan fingerprint density at radius 3 is 2.22 bits per heavy atom. The van der Waals surface area contributed by atoms with Crippen molar-refractivity contribution in [1.82, 2.24) is 4.90 Å². The van der Waals surface area contributed by atoms with Gasteiger partial charge in [0, 0.05) is 18.7 Å². The minimum Gasteiger partial charge on any atom is -0.507 e. The molecule has 0 aliphatic carbocycles. The van der Waals surface area contributed by atoms with E-state index in [1.807, 2.05) is 27.7 Å². The Morgan fingerprint density at radius 1 is 0.944 bits per heavy atom. The highest BCUT2D eigenvalue weighted by Crippen LogP contribution is 2.42. The third-order valence-corrected chi connectivity index (χ3v) is 6.25. The lowest BCUT2D eigenvalue weighted by atomic mass is 9.93. The van der Waals surface area contributed by atoms with Gasteiger partial charge in [-0.05, 0) is 75.1 Å². The second-order valence-corrected chi connectivity index (χ2v) is 9.02. The van der Waals surface area contributed by atoms with Crippen molar-refractivity contribution in [1.29, 1.82) is 0 Å². The Morgan fingerprint density at radius 2 is 1.61 bits per heavy atom. The average Bonchev–Trinajstić information content (AvgIpc) is 3.11. The number of methoxy groups -OCH3 is 3. The maximum absolute atomic E-state index is 13.3. The molecule has 1 aliphatic rings. The lowest BCUT2D eigenvalue weighted by molar-refractivity contribution is -0.140. The molecule has 0 radical (unpaired) electrons. The van der Waals surface area contributed by atoms with E-state index >= 15 is 0 Å². The second-order valence-electron chi connectivity index (χ2n) is 9.02. The van der Waals surface area contributed by atoms with E-state index in [0.717, 1.165) is 11.1 Å². The number of likely N-dealkylation sites (tertiary alicyclic amines) is 1. The molecular weight excluding hydrogens is 462 g/mol. The molecule has 1 fully saturated rings. The van der Waals surface area contributed by atoms with Crippen LogP contribution in [0.1, 0.15) is 48.6 Å². The molecule has 1 saturated heterocycles. The Bertz CT molecular complexity index is 1170. The summed E-state index contributed by atoms with van der Waals surface area (Å²) in [5.41, 5.74) is 2.65. The molecule has 2 aromatic carbocycles. The van der Waals surface area contributed by atoms with Crippen LogP contribution in [-0.2, 0) is 14.3 Å². The van der Waals surface area contributed by atoms with Crippen molar-refractivity contribution in [3.05, 3.63) is 58.2 Å². The number of hydrogen-bond acceptors (Lipinski definition) is 7. The number of nitrogens with zero attached hydrogens (tertiary/aromatic N) is 1. The highest BCUT2D eigenvalue weighted by Gasteiger charge is 2.46. The van der Waals surface area contributed by atoms with Gasteiger partial charge in [-0.1, -0.05) is 6.07 Å². The van der Waals surface area contributed by atoms with Crippen LogP contribution in [0.2, 0.25) is 0 Å². The monoisotopic (exact) mass is 497 g/mol. The zero-order valence-electron chi connectivity index (χ0n) is 22.0. The van der Waals surface area contributed by atoms with Gasteiger partial charge >= 0.3 is 0 Å². The SMILES string of the molecule is COc1cc(C)c(/C(O)=C2\C(=O)C(=O)N(CCCOC(C)C)C2c2ccc(OC)c(OC)c2)cc1C. The molecule has 1 N–H and O–H groups in total. The summed E-state index contributed by atoms with van der Waals surface area (Å²) in [6.45, 7) is 8.28. The fourth-order valence-corrected chi connectivity index (χ4v) is 4.44. The Hall–Kier alpha value is -3.52. The summed E-state index contributed by atoms with van der Waals surface area (Å²) < 4.78 is 21.8. The predicted octanol–water partition coefficient (Wildman–Crippen LogP) is 4.57. The first kappa shape index (κ1) is 27.1. The van der Waals surface area contributed by atoms with Gasteiger partial charge in [-0.2, -0.15) is 0 Å². The minimum absolute atomic E-state index is 0.0321. The summed E-state index contributed by atoms with van der Waals surface area (Å²) in [7, 11) is 4.63. The number of rotatable bonds is 10. The molecule has 1 amide bonds. The standard InChI is InChI=1S/C28H35NO7/c1-16(2)36-12-8-11-29-25(19-9-10-21(33-5)23(15-19)35-7)24(27(31)28(29)32)26(30)20-13-18(4)22(34-6)14-17(20)3/h9-10,13-16,25,30H,8,11-12H2,1-7H3/b26-24+. The van der Waals surface area contributed by atoms with Crippen LogP contribution >= 0.6 is 0 Å². The number of amides is 1. The first-order valence-corrected chi connectivity index (χ1v) is 11.9. The van der Waals surface area contributed by atoms with Crippen LogP contribution in [0.15, 0.2) is 35.9 Å². The van der Waals surface area contributed by atoms with Crippen LogP contribution in [0.25, 0.3) is 5.76 Å². The largest absolute Gasteiger partial charge is 0.507 e. The first-order valence-electron chi connectivity index (χ1n) is 11.9. The van der Waals surface area contributed by atoms with Crippen molar-refractivity contribution in [3.8, 4) is 17.2 Å². The Kier molecular flexibility index (Phi) is 8.63. The second kappa shape index (κ2) is 11.5. The molecule has 2 aromatic rings. The Balaban J connectivity index is 2.16. The molecule has 0 aromatic heterocycles. The van der Waals surface area contributed by atoms with Gasteiger partial charge in [0.05, 0.1) is 39.0 Å². The van der Waals surface area contributed by atoms with E-state index in [1.54, 1.807) is 37.4 Å². The number of aliphatic hydroxyl groups is 1. The normalized spacial score (nSPS) is 17.1. The third kappa shape index (κ3) is 5.33. The maximum Gasteiger partial charge on any atom is 0.295 e. The lowest BCUT2D eigenvalue weighted by Gasteiger charge is -2.26. The third-order valence-electron chi connectivity index (χ3n) is 6.25. The summed E-state index contributed by atoms with van der Waals surface area (Å²) in [6, 6.07) is 7.99. The molecule has 194 valence electrons. The fraction of sp³-hybridized carbons (Fsp3) is 0.429. The van der Waals surface area contributed by atoms with E-state index in [0.29, 0.717) is 41.4 Å². The van der Waals surface area contributed by atoms with Crippen LogP contribution in [0, 0.1) is 13.8 Å². The molecule has 1 unspecified atom stereocenters. The van der Waals surface area contributed by atoms with Crippen molar-refractivity contribution in [2.45, 2.75) is 46.3 Å². The quantitative estimate of drug-likeness (QED) is 0.222. The number of ether oxygens (including phenoxy) is 4. The topological polar surface area (TPSA) is 94.5 Å². The summed E-state index contributed by atoms with van der Waals surface area (Å²) in [6.07, 6.45) is 0.596.